The van der Waals surface area contributed by atoms with Crippen LogP contribution >= 0.6 is 0 Å². The molecule has 0 aromatic carbocycles. The number of hydrogen-bond donors (Lipinski definition) is 0. The van der Waals surface area contributed by atoms with Crippen molar-refractivity contribution in [3.63, 3.8) is 0 Å². The summed E-state index contributed by atoms with van der Waals surface area (Å²) < 4.78 is 5.33. The second-order valence-electron chi connectivity index (χ2n) is 7.17. The predicted molar refractivity (Wildman–Crippen MR) is 84.4 cm³/mol. The van der Waals surface area contributed by atoms with Crippen LogP contribution in [0.5, 0.6) is 0 Å². The first-order chi connectivity index (χ1) is 11.2. The van der Waals surface area contributed by atoms with Gasteiger partial charge in [0.1, 0.15) is 5.76 Å². The lowest BCUT2D eigenvalue weighted by Crippen LogP contribution is -2.44. The van der Waals surface area contributed by atoms with Crippen LogP contribution in [0.3, 0.4) is 0 Å². The molecule has 1 aromatic heterocycles. The fraction of sp³-hybridized carbons (Fsp3) is 0.667. The third-order valence-electron chi connectivity index (χ3n) is 5.40. The van der Waals surface area contributed by atoms with Crippen molar-refractivity contribution < 1.29 is 14.0 Å². The van der Waals surface area contributed by atoms with Crippen molar-refractivity contribution in [2.24, 2.45) is 5.92 Å². The maximum atomic E-state index is 13.0. The minimum absolute atomic E-state index is 0.0712. The molecular weight excluding hydrogens is 292 g/mol. The second kappa shape index (κ2) is 6.02. The highest BCUT2D eigenvalue weighted by Crippen LogP contribution is 2.36. The predicted octanol–water partition coefficient (Wildman–Crippen LogP) is 2.56. The fourth-order valence-electron chi connectivity index (χ4n) is 4.09. The van der Waals surface area contributed by atoms with Crippen LogP contribution in [0.4, 0.5) is 0 Å². The first kappa shape index (κ1) is 14.8. The number of likely N-dealkylation sites (tertiary alicyclic amines) is 1. The molecule has 2 saturated carbocycles. The van der Waals surface area contributed by atoms with Crippen LogP contribution in [-0.4, -0.2) is 40.2 Å². The molecule has 4 rings (SSSR count). The monoisotopic (exact) mass is 316 g/mol. The number of amides is 2. The molecule has 5 heteroatoms. The largest absolute Gasteiger partial charge is 0.467 e. The summed E-state index contributed by atoms with van der Waals surface area (Å²) in [6, 6.07) is 4.56. The first-order valence-electron chi connectivity index (χ1n) is 8.84. The van der Waals surface area contributed by atoms with Gasteiger partial charge in [-0.25, -0.2) is 0 Å². The Morgan fingerprint density at radius 1 is 1.22 bits per heavy atom. The van der Waals surface area contributed by atoms with Crippen LogP contribution in [0.25, 0.3) is 0 Å². The molecule has 3 aliphatic rings. The van der Waals surface area contributed by atoms with Crippen LogP contribution in [0.1, 0.15) is 50.7 Å². The zero-order valence-electron chi connectivity index (χ0n) is 13.4. The smallest absolute Gasteiger partial charge is 0.228 e. The first-order valence-corrected chi connectivity index (χ1v) is 8.84. The maximum Gasteiger partial charge on any atom is 0.228 e. The molecule has 3 fully saturated rings. The highest BCUT2D eigenvalue weighted by molar-refractivity contribution is 5.89. The summed E-state index contributed by atoms with van der Waals surface area (Å²) in [5.74, 6) is 0.900. The minimum Gasteiger partial charge on any atom is -0.467 e. The zero-order chi connectivity index (χ0) is 15.8. The molecule has 1 saturated heterocycles. The number of carbonyl (C=O) groups excluding carboxylic acids is 2. The van der Waals surface area contributed by atoms with Gasteiger partial charge in [0.25, 0.3) is 0 Å². The number of nitrogens with zero attached hydrogens (tertiary/aromatic N) is 2. The molecule has 23 heavy (non-hydrogen) atoms. The van der Waals surface area contributed by atoms with Gasteiger partial charge in [0.2, 0.25) is 11.8 Å². The SMILES string of the molecule is O=C1CC(C(=O)N(C2CCCC2)C2CC2)CN1Cc1ccco1. The van der Waals surface area contributed by atoms with Crippen molar-refractivity contribution in [1.82, 2.24) is 9.80 Å². The van der Waals surface area contributed by atoms with Crippen molar-refractivity contribution >= 4 is 11.8 Å². The molecule has 1 atom stereocenters. The van der Waals surface area contributed by atoms with Crippen LogP contribution in [0, 0.1) is 5.92 Å². The molecule has 1 aromatic rings. The highest BCUT2D eigenvalue weighted by atomic mass is 16.3. The van der Waals surface area contributed by atoms with Gasteiger partial charge in [-0.15, -0.1) is 0 Å². The molecule has 0 bridgehead atoms. The average molecular weight is 316 g/mol. The van der Waals surface area contributed by atoms with Crippen molar-refractivity contribution in [2.75, 3.05) is 6.54 Å². The molecule has 1 aliphatic heterocycles. The van der Waals surface area contributed by atoms with Crippen LogP contribution in [-0.2, 0) is 16.1 Å². The van der Waals surface area contributed by atoms with Crippen molar-refractivity contribution in [3.05, 3.63) is 24.2 Å². The lowest BCUT2D eigenvalue weighted by molar-refractivity contribution is -0.138. The van der Waals surface area contributed by atoms with Gasteiger partial charge in [0, 0.05) is 25.0 Å². The van der Waals surface area contributed by atoms with E-state index in [9.17, 15) is 9.59 Å². The molecule has 1 unspecified atom stereocenters. The van der Waals surface area contributed by atoms with Crippen molar-refractivity contribution in [1.29, 1.82) is 0 Å². The van der Waals surface area contributed by atoms with E-state index in [0.717, 1.165) is 31.4 Å². The van der Waals surface area contributed by atoms with E-state index in [2.05, 4.69) is 4.90 Å². The topological polar surface area (TPSA) is 53.8 Å². The Hall–Kier alpha value is -1.78. The molecule has 2 heterocycles. The molecule has 5 nitrogen and oxygen atoms in total. The quantitative estimate of drug-likeness (QED) is 0.839. The van der Waals surface area contributed by atoms with Crippen molar-refractivity contribution in [2.45, 2.75) is 63.6 Å². The van der Waals surface area contributed by atoms with Gasteiger partial charge in [-0.3, -0.25) is 9.59 Å². The van der Waals surface area contributed by atoms with Crippen LogP contribution in [0.15, 0.2) is 22.8 Å². The van der Waals surface area contributed by atoms with Gasteiger partial charge in [0.05, 0.1) is 18.7 Å². The van der Waals surface area contributed by atoms with Gasteiger partial charge < -0.3 is 14.2 Å². The van der Waals surface area contributed by atoms with Gasteiger partial charge in [-0.1, -0.05) is 12.8 Å². The summed E-state index contributed by atoms with van der Waals surface area (Å²) in [6.07, 6.45) is 8.99. The van der Waals surface area contributed by atoms with Gasteiger partial charge in [-0.2, -0.15) is 0 Å². The van der Waals surface area contributed by atoms with E-state index in [1.807, 2.05) is 12.1 Å². The Balaban J connectivity index is 1.42. The molecular formula is C18H24N2O3. The van der Waals surface area contributed by atoms with E-state index in [4.69, 9.17) is 4.42 Å². The third-order valence-corrected chi connectivity index (χ3v) is 5.40. The van der Waals surface area contributed by atoms with E-state index in [-0.39, 0.29) is 17.7 Å². The molecule has 0 radical (unpaired) electrons. The van der Waals surface area contributed by atoms with Gasteiger partial charge in [-0.05, 0) is 37.8 Å². The lowest BCUT2D eigenvalue weighted by Gasteiger charge is -2.31. The molecule has 2 aliphatic carbocycles. The second-order valence-corrected chi connectivity index (χ2v) is 7.17. The number of rotatable bonds is 5. The summed E-state index contributed by atoms with van der Waals surface area (Å²) >= 11 is 0. The fourth-order valence-corrected chi connectivity index (χ4v) is 4.09. The van der Waals surface area contributed by atoms with Crippen LogP contribution in [0.2, 0.25) is 0 Å². The molecule has 2 amide bonds. The standard InChI is InChI=1S/C18H24N2O3/c21-17-10-13(11-19(17)12-16-6-3-9-23-16)18(22)20(15-7-8-15)14-4-1-2-5-14/h3,6,9,13-15H,1-2,4-5,7-8,10-12H2. The Morgan fingerprint density at radius 2 is 1.96 bits per heavy atom. The highest BCUT2D eigenvalue weighted by Gasteiger charge is 2.44. The summed E-state index contributed by atoms with van der Waals surface area (Å²) in [5.41, 5.74) is 0. The Kier molecular flexibility index (Phi) is 3.87. The summed E-state index contributed by atoms with van der Waals surface area (Å²) in [5, 5.41) is 0. The van der Waals surface area contributed by atoms with E-state index < -0.39 is 0 Å². The van der Waals surface area contributed by atoms with Crippen LogP contribution < -0.4 is 0 Å². The number of hydrogen-bond acceptors (Lipinski definition) is 3. The van der Waals surface area contributed by atoms with E-state index in [1.165, 1.54) is 12.8 Å². The summed E-state index contributed by atoms with van der Waals surface area (Å²) in [6.45, 7) is 1.01. The van der Waals surface area contributed by atoms with Gasteiger partial charge >= 0.3 is 0 Å². The summed E-state index contributed by atoms with van der Waals surface area (Å²) in [4.78, 5) is 29.2. The third kappa shape index (κ3) is 3.01. The van der Waals surface area contributed by atoms with E-state index in [1.54, 1.807) is 11.2 Å². The molecule has 0 spiro atoms. The number of carbonyl (C=O) groups is 2. The average Bonchev–Trinajstić information content (AvgIpc) is 2.97. The van der Waals surface area contributed by atoms with Gasteiger partial charge in [0.15, 0.2) is 0 Å². The number of furan rings is 1. The maximum absolute atomic E-state index is 13.0. The van der Waals surface area contributed by atoms with E-state index >= 15 is 0 Å². The molecule has 124 valence electrons. The Bertz CT molecular complexity index is 573. The molecule has 0 N–H and O–H groups in total. The minimum atomic E-state index is -0.168. The normalized spacial score (nSPS) is 25.3. The van der Waals surface area contributed by atoms with E-state index in [0.29, 0.717) is 31.6 Å². The Labute approximate surface area is 136 Å². The summed E-state index contributed by atoms with van der Waals surface area (Å²) in [7, 11) is 0. The lowest BCUT2D eigenvalue weighted by atomic mass is 10.0. The Morgan fingerprint density at radius 3 is 2.61 bits per heavy atom. The zero-order valence-corrected chi connectivity index (χ0v) is 13.4. The van der Waals surface area contributed by atoms with Crippen molar-refractivity contribution in [3.8, 4) is 0 Å².